The van der Waals surface area contributed by atoms with Crippen LogP contribution in [0.4, 0.5) is 19.3 Å². The van der Waals surface area contributed by atoms with E-state index in [4.69, 9.17) is 5.73 Å². The maximum Gasteiger partial charge on any atom is 0.319 e. The summed E-state index contributed by atoms with van der Waals surface area (Å²) >= 11 is 1.30. The van der Waals surface area contributed by atoms with Crippen LogP contribution in [0.15, 0.2) is 29.6 Å². The Hall–Kier alpha value is -1.99. The van der Waals surface area contributed by atoms with Gasteiger partial charge in [-0.05, 0) is 37.6 Å². The molecule has 122 valence electrons. The number of urea groups is 1. The van der Waals surface area contributed by atoms with E-state index in [0.717, 1.165) is 25.5 Å². The third kappa shape index (κ3) is 3.35. The first kappa shape index (κ1) is 15.9. The number of benzene rings is 1. The molecular weight excluding hydrogens is 320 g/mol. The predicted octanol–water partition coefficient (Wildman–Crippen LogP) is 3.33. The molecule has 0 unspecified atom stereocenters. The highest BCUT2D eigenvalue weighted by molar-refractivity contribution is 7.14. The Morgan fingerprint density at radius 3 is 2.83 bits per heavy atom. The molecule has 1 aliphatic rings. The van der Waals surface area contributed by atoms with E-state index in [9.17, 15) is 13.6 Å². The molecule has 2 heterocycles. The zero-order valence-electron chi connectivity index (χ0n) is 12.4. The normalized spacial score (nSPS) is 17.9. The lowest BCUT2D eigenvalue weighted by molar-refractivity contribution is 0.250. The van der Waals surface area contributed by atoms with Crippen molar-refractivity contribution in [2.45, 2.75) is 18.9 Å². The molecule has 0 saturated carbocycles. The standard InChI is InChI=1S/C16H17F2N3OS/c17-10-3-4-13(14(18)6-10)15-7-12(9-23-15)21(16(19)22)11-2-1-5-20-8-11/h3-4,6-7,9,11,20H,1-2,5,8H2,(H2,19,22)/t11-/m1/s1. The minimum Gasteiger partial charge on any atom is -0.351 e. The summed E-state index contributed by atoms with van der Waals surface area (Å²) in [5.74, 6) is -1.24. The highest BCUT2D eigenvalue weighted by Crippen LogP contribution is 2.34. The first-order valence-corrected chi connectivity index (χ1v) is 8.27. The minimum absolute atomic E-state index is 0.0123. The molecule has 0 aliphatic carbocycles. The number of hydrogen-bond donors (Lipinski definition) is 2. The second-order valence-electron chi connectivity index (χ2n) is 5.50. The van der Waals surface area contributed by atoms with Gasteiger partial charge in [-0.25, -0.2) is 13.6 Å². The van der Waals surface area contributed by atoms with Crippen molar-refractivity contribution in [3.63, 3.8) is 0 Å². The molecule has 1 aromatic carbocycles. The number of thiophene rings is 1. The van der Waals surface area contributed by atoms with E-state index in [1.54, 1.807) is 16.3 Å². The smallest absolute Gasteiger partial charge is 0.319 e. The summed E-state index contributed by atoms with van der Waals surface area (Å²) in [4.78, 5) is 14.0. The number of halogens is 2. The fourth-order valence-electron chi connectivity index (χ4n) is 2.85. The van der Waals surface area contributed by atoms with Gasteiger partial charge in [0.15, 0.2) is 0 Å². The Bertz CT molecular complexity index is 713. The van der Waals surface area contributed by atoms with Crippen molar-refractivity contribution >= 4 is 23.1 Å². The quantitative estimate of drug-likeness (QED) is 0.902. The Labute approximate surface area is 136 Å². The maximum absolute atomic E-state index is 13.9. The molecule has 0 spiro atoms. The fraction of sp³-hybridized carbons (Fsp3) is 0.312. The second kappa shape index (κ2) is 6.64. The van der Waals surface area contributed by atoms with E-state index < -0.39 is 17.7 Å². The molecule has 7 heteroatoms. The van der Waals surface area contributed by atoms with Gasteiger partial charge in [0.05, 0.1) is 11.7 Å². The van der Waals surface area contributed by atoms with Crippen molar-refractivity contribution in [2.75, 3.05) is 18.0 Å². The monoisotopic (exact) mass is 337 g/mol. The van der Waals surface area contributed by atoms with Crippen LogP contribution in [0.5, 0.6) is 0 Å². The summed E-state index contributed by atoms with van der Waals surface area (Å²) < 4.78 is 26.9. The van der Waals surface area contributed by atoms with Gasteiger partial charge in [0.1, 0.15) is 11.6 Å². The number of piperidine rings is 1. The average molecular weight is 337 g/mol. The van der Waals surface area contributed by atoms with Crippen molar-refractivity contribution in [1.82, 2.24) is 5.32 Å². The number of amides is 2. The number of carbonyl (C=O) groups excluding carboxylic acids is 1. The SMILES string of the molecule is NC(=O)N(c1csc(-c2ccc(F)cc2F)c1)[C@@H]1CCCNC1. The van der Waals surface area contributed by atoms with Crippen LogP contribution >= 0.6 is 11.3 Å². The Balaban J connectivity index is 1.90. The number of primary amides is 1. The number of nitrogens with zero attached hydrogens (tertiary/aromatic N) is 1. The second-order valence-corrected chi connectivity index (χ2v) is 6.41. The van der Waals surface area contributed by atoms with Gasteiger partial charge in [-0.1, -0.05) is 0 Å². The largest absolute Gasteiger partial charge is 0.351 e. The summed E-state index contributed by atoms with van der Waals surface area (Å²) in [6, 6.07) is 4.65. The third-order valence-corrected chi connectivity index (χ3v) is 4.88. The molecule has 1 aliphatic heterocycles. The molecule has 0 bridgehead atoms. The lowest BCUT2D eigenvalue weighted by atomic mass is 10.1. The highest BCUT2D eigenvalue weighted by Gasteiger charge is 2.26. The van der Waals surface area contributed by atoms with E-state index in [0.29, 0.717) is 22.7 Å². The zero-order chi connectivity index (χ0) is 16.4. The molecule has 1 atom stereocenters. The van der Waals surface area contributed by atoms with E-state index in [-0.39, 0.29) is 6.04 Å². The van der Waals surface area contributed by atoms with Gasteiger partial charge in [0, 0.05) is 28.4 Å². The topological polar surface area (TPSA) is 58.4 Å². The molecular formula is C16H17F2N3OS. The van der Waals surface area contributed by atoms with Crippen LogP contribution in [-0.4, -0.2) is 25.2 Å². The highest BCUT2D eigenvalue weighted by atomic mass is 32.1. The first-order valence-electron chi connectivity index (χ1n) is 7.39. The lowest BCUT2D eigenvalue weighted by Gasteiger charge is -2.32. The number of hydrogen-bond acceptors (Lipinski definition) is 3. The Morgan fingerprint density at radius 2 is 2.17 bits per heavy atom. The van der Waals surface area contributed by atoms with Gasteiger partial charge in [0.25, 0.3) is 0 Å². The zero-order valence-corrected chi connectivity index (χ0v) is 13.2. The van der Waals surface area contributed by atoms with Crippen molar-refractivity contribution in [2.24, 2.45) is 5.73 Å². The van der Waals surface area contributed by atoms with E-state index in [2.05, 4.69) is 5.32 Å². The summed E-state index contributed by atoms with van der Waals surface area (Å²) in [6.45, 7) is 1.61. The van der Waals surface area contributed by atoms with Crippen molar-refractivity contribution < 1.29 is 13.6 Å². The summed E-state index contributed by atoms with van der Waals surface area (Å²) in [5, 5.41) is 5.02. The molecule has 2 aromatic rings. The van der Waals surface area contributed by atoms with Crippen LogP contribution in [0.25, 0.3) is 10.4 Å². The van der Waals surface area contributed by atoms with Gasteiger partial charge in [-0.3, -0.25) is 4.90 Å². The van der Waals surface area contributed by atoms with Crippen LogP contribution in [0.1, 0.15) is 12.8 Å². The number of anilines is 1. The minimum atomic E-state index is -0.622. The molecule has 3 N–H and O–H groups in total. The summed E-state index contributed by atoms with van der Waals surface area (Å²) in [6.07, 6.45) is 1.84. The molecule has 23 heavy (non-hydrogen) atoms. The van der Waals surface area contributed by atoms with E-state index >= 15 is 0 Å². The molecule has 2 amide bonds. The third-order valence-electron chi connectivity index (χ3n) is 3.93. The van der Waals surface area contributed by atoms with Gasteiger partial charge < -0.3 is 11.1 Å². The van der Waals surface area contributed by atoms with Crippen LogP contribution < -0.4 is 16.0 Å². The van der Waals surface area contributed by atoms with Crippen LogP contribution in [0.2, 0.25) is 0 Å². The number of carbonyl (C=O) groups is 1. The Morgan fingerprint density at radius 1 is 1.35 bits per heavy atom. The maximum atomic E-state index is 13.9. The van der Waals surface area contributed by atoms with Crippen LogP contribution in [0, 0.1) is 11.6 Å². The molecule has 1 fully saturated rings. The summed E-state index contributed by atoms with van der Waals surface area (Å²) in [7, 11) is 0. The van der Waals surface area contributed by atoms with Crippen molar-refractivity contribution in [3.05, 3.63) is 41.3 Å². The van der Waals surface area contributed by atoms with Gasteiger partial charge >= 0.3 is 6.03 Å². The molecule has 3 rings (SSSR count). The fourth-order valence-corrected chi connectivity index (χ4v) is 3.77. The van der Waals surface area contributed by atoms with Crippen molar-refractivity contribution in [3.8, 4) is 10.4 Å². The van der Waals surface area contributed by atoms with Gasteiger partial charge in [-0.15, -0.1) is 11.3 Å². The Kier molecular flexibility index (Phi) is 4.58. The van der Waals surface area contributed by atoms with E-state index in [1.807, 2.05) is 0 Å². The number of rotatable bonds is 3. The predicted molar refractivity (Wildman–Crippen MR) is 87.6 cm³/mol. The number of nitrogens with two attached hydrogens (primary N) is 1. The molecule has 1 aromatic heterocycles. The number of nitrogens with one attached hydrogen (secondary N) is 1. The average Bonchev–Trinajstić information content (AvgIpc) is 2.97. The van der Waals surface area contributed by atoms with E-state index in [1.165, 1.54) is 23.5 Å². The molecule has 0 radical (unpaired) electrons. The van der Waals surface area contributed by atoms with Crippen LogP contribution in [0.3, 0.4) is 0 Å². The van der Waals surface area contributed by atoms with Gasteiger partial charge in [0.2, 0.25) is 0 Å². The molecule has 1 saturated heterocycles. The van der Waals surface area contributed by atoms with Crippen LogP contribution in [-0.2, 0) is 0 Å². The van der Waals surface area contributed by atoms with Gasteiger partial charge in [-0.2, -0.15) is 0 Å². The first-order chi connectivity index (χ1) is 11.1. The van der Waals surface area contributed by atoms with Crippen molar-refractivity contribution in [1.29, 1.82) is 0 Å². The summed E-state index contributed by atoms with van der Waals surface area (Å²) in [5.41, 5.74) is 6.50. The lowest BCUT2D eigenvalue weighted by Crippen LogP contribution is -2.50. The molecule has 4 nitrogen and oxygen atoms in total.